The number of nitrogens with zero attached hydrogens (tertiary/aromatic N) is 1. The van der Waals surface area contributed by atoms with Crippen LogP contribution < -0.4 is 10.4 Å². The first kappa shape index (κ1) is 29.5. The van der Waals surface area contributed by atoms with Gasteiger partial charge in [0.25, 0.3) is 0 Å². The van der Waals surface area contributed by atoms with Gasteiger partial charge >= 0.3 is 7.12 Å². The van der Waals surface area contributed by atoms with Gasteiger partial charge in [0.2, 0.25) is 0 Å². The lowest BCUT2D eigenvalue weighted by Crippen LogP contribution is -2.41. The molecule has 46 heavy (non-hydrogen) atoms. The summed E-state index contributed by atoms with van der Waals surface area (Å²) >= 11 is 1.88. The molecule has 1 fully saturated rings. The first-order valence-corrected chi connectivity index (χ1v) is 17.2. The summed E-state index contributed by atoms with van der Waals surface area (Å²) in [4.78, 5) is 3.77. The van der Waals surface area contributed by atoms with Crippen LogP contribution in [0.1, 0.15) is 75.1 Å². The van der Waals surface area contributed by atoms with Crippen molar-refractivity contribution in [2.24, 2.45) is 0 Å². The smallest absolute Gasteiger partial charge is 0.399 e. The van der Waals surface area contributed by atoms with Crippen molar-refractivity contribution >= 4 is 63.2 Å². The zero-order valence-electron chi connectivity index (χ0n) is 27.8. The molecular formula is C41H40BNO2S. The average Bonchev–Trinajstić information content (AvgIpc) is 3.37. The second-order valence-electron chi connectivity index (χ2n) is 14.4. The molecule has 0 bridgehead atoms. The molecule has 5 heteroatoms. The highest BCUT2D eigenvalue weighted by Crippen LogP contribution is 2.52. The minimum absolute atomic E-state index is 0.129. The summed E-state index contributed by atoms with van der Waals surface area (Å²) < 4.78 is 14.7. The molecule has 0 atom stereocenters. The second kappa shape index (κ2) is 10.3. The highest BCUT2D eigenvalue weighted by atomic mass is 32.1. The van der Waals surface area contributed by atoms with Gasteiger partial charge < -0.3 is 14.2 Å². The third kappa shape index (κ3) is 4.40. The van der Waals surface area contributed by atoms with E-state index >= 15 is 0 Å². The number of hydrogen-bond acceptors (Lipinski definition) is 4. The van der Waals surface area contributed by atoms with Gasteiger partial charge in [0, 0.05) is 31.6 Å². The minimum atomic E-state index is -0.482. The number of thiophene rings is 1. The summed E-state index contributed by atoms with van der Waals surface area (Å²) in [7, 11) is -0.482. The summed E-state index contributed by atoms with van der Waals surface area (Å²) in [6.45, 7) is 15.4. The maximum Gasteiger partial charge on any atom is 0.494 e. The summed E-state index contributed by atoms with van der Waals surface area (Å²) in [6, 6.07) is 29.2. The van der Waals surface area contributed by atoms with E-state index < -0.39 is 18.3 Å². The van der Waals surface area contributed by atoms with Gasteiger partial charge in [0.1, 0.15) is 0 Å². The SMILES string of the molecule is Cc1c(-c2cc(B3OC(C)(C)C(C)(C)O3)cc(N3c4ccccc4C(C)(C)c4ccccc43)c2)ccc2sc3c(c12)C=CCC=C3. The van der Waals surface area contributed by atoms with Crippen molar-refractivity contribution in [1.29, 1.82) is 0 Å². The van der Waals surface area contributed by atoms with Crippen LogP contribution in [0.4, 0.5) is 17.1 Å². The van der Waals surface area contributed by atoms with Gasteiger partial charge in [-0.1, -0.05) is 80.6 Å². The summed E-state index contributed by atoms with van der Waals surface area (Å²) in [5.74, 6) is 0. The van der Waals surface area contributed by atoms with Crippen LogP contribution in [0, 0.1) is 6.92 Å². The van der Waals surface area contributed by atoms with Gasteiger partial charge in [-0.25, -0.2) is 0 Å². The lowest BCUT2D eigenvalue weighted by molar-refractivity contribution is 0.00578. The monoisotopic (exact) mass is 621 g/mol. The maximum absolute atomic E-state index is 6.68. The molecule has 0 spiro atoms. The fourth-order valence-corrected chi connectivity index (χ4v) is 8.61. The third-order valence-electron chi connectivity index (χ3n) is 10.7. The molecule has 1 aliphatic carbocycles. The Bertz CT molecular complexity index is 2030. The van der Waals surface area contributed by atoms with E-state index in [2.05, 4.69) is 157 Å². The zero-order chi connectivity index (χ0) is 32.0. The fourth-order valence-electron chi connectivity index (χ4n) is 7.43. The van der Waals surface area contributed by atoms with E-state index in [9.17, 15) is 0 Å². The minimum Gasteiger partial charge on any atom is -0.399 e. The molecule has 0 N–H and O–H groups in total. The molecule has 0 radical (unpaired) electrons. The number of aryl methyl sites for hydroxylation is 1. The van der Waals surface area contributed by atoms with Crippen molar-refractivity contribution < 1.29 is 9.31 Å². The third-order valence-corrected chi connectivity index (χ3v) is 11.8. The van der Waals surface area contributed by atoms with Gasteiger partial charge in [-0.05, 0) is 111 Å². The van der Waals surface area contributed by atoms with E-state index in [1.807, 2.05) is 11.3 Å². The molecule has 0 saturated carbocycles. The van der Waals surface area contributed by atoms with Crippen LogP contribution >= 0.6 is 11.3 Å². The van der Waals surface area contributed by atoms with E-state index in [-0.39, 0.29) is 5.41 Å². The molecule has 8 rings (SSSR count). The lowest BCUT2D eigenvalue weighted by atomic mass is 9.73. The quantitative estimate of drug-likeness (QED) is 0.187. The molecule has 5 aromatic rings. The molecule has 230 valence electrons. The standard InChI is InChI=1S/C41H40BNO2S/c1-26-30(21-22-37-38(26)31-15-9-8-10-20-36(31)46-37)27-23-28(42-44-40(4,5)41(6,7)45-42)25-29(24-27)43-34-18-13-11-16-32(34)39(2,3)33-17-12-14-19-35(33)43/h9-25H,8H2,1-7H3. The van der Waals surface area contributed by atoms with Crippen LogP contribution in [0.5, 0.6) is 0 Å². The predicted molar refractivity (Wildman–Crippen MR) is 197 cm³/mol. The first-order valence-electron chi connectivity index (χ1n) is 16.4. The van der Waals surface area contributed by atoms with E-state index in [1.165, 1.54) is 54.2 Å². The number of rotatable bonds is 3. The van der Waals surface area contributed by atoms with Crippen LogP contribution in [0.3, 0.4) is 0 Å². The van der Waals surface area contributed by atoms with Crippen molar-refractivity contribution in [3.05, 3.63) is 118 Å². The summed E-state index contributed by atoms with van der Waals surface area (Å²) in [5.41, 5.74) is 11.2. The molecule has 3 nitrogen and oxygen atoms in total. The molecule has 2 aliphatic heterocycles. The molecule has 1 aromatic heterocycles. The Morgan fingerprint density at radius 2 is 1.37 bits per heavy atom. The van der Waals surface area contributed by atoms with Crippen molar-refractivity contribution in [2.75, 3.05) is 4.90 Å². The van der Waals surface area contributed by atoms with Gasteiger partial charge in [-0.3, -0.25) is 0 Å². The van der Waals surface area contributed by atoms with Crippen LogP contribution in [0.25, 0.3) is 33.4 Å². The molecule has 3 aliphatic rings. The van der Waals surface area contributed by atoms with Crippen LogP contribution in [-0.4, -0.2) is 18.3 Å². The van der Waals surface area contributed by atoms with Crippen LogP contribution in [0.15, 0.2) is 91.0 Å². The molecule has 1 saturated heterocycles. The van der Waals surface area contributed by atoms with Gasteiger partial charge in [-0.2, -0.15) is 0 Å². The topological polar surface area (TPSA) is 21.7 Å². The molecule has 0 unspecified atom stereocenters. The Hall–Kier alpha value is -3.90. The molecule has 4 aromatic carbocycles. The zero-order valence-corrected chi connectivity index (χ0v) is 28.6. The van der Waals surface area contributed by atoms with Crippen LogP contribution in [0.2, 0.25) is 0 Å². The van der Waals surface area contributed by atoms with Crippen LogP contribution in [-0.2, 0) is 14.7 Å². The Morgan fingerprint density at radius 1 is 0.739 bits per heavy atom. The second-order valence-corrected chi connectivity index (χ2v) is 15.5. The van der Waals surface area contributed by atoms with Crippen molar-refractivity contribution in [1.82, 2.24) is 0 Å². The summed E-state index contributed by atoms with van der Waals surface area (Å²) in [6.07, 6.45) is 10.1. The largest absolute Gasteiger partial charge is 0.494 e. The van der Waals surface area contributed by atoms with E-state index in [4.69, 9.17) is 9.31 Å². The Labute approximate surface area is 277 Å². The highest BCUT2D eigenvalue weighted by molar-refractivity contribution is 7.20. The number of anilines is 3. The van der Waals surface area contributed by atoms with Gasteiger partial charge in [0.05, 0.1) is 22.6 Å². The van der Waals surface area contributed by atoms with Gasteiger partial charge in [0.15, 0.2) is 0 Å². The Kier molecular flexibility index (Phi) is 6.61. The number of fused-ring (bicyclic) bond motifs is 5. The summed E-state index contributed by atoms with van der Waals surface area (Å²) in [5, 5.41) is 1.35. The normalized spacial score (nSPS) is 18.8. The number of benzene rings is 4. The number of hydrogen-bond donors (Lipinski definition) is 0. The van der Waals surface area contributed by atoms with E-state index in [1.54, 1.807) is 0 Å². The van der Waals surface area contributed by atoms with Crippen molar-refractivity contribution in [2.45, 2.75) is 71.5 Å². The van der Waals surface area contributed by atoms with E-state index in [0.717, 1.165) is 23.1 Å². The van der Waals surface area contributed by atoms with Crippen molar-refractivity contribution in [3.8, 4) is 11.1 Å². The van der Waals surface area contributed by atoms with Gasteiger partial charge in [-0.15, -0.1) is 11.3 Å². The number of para-hydroxylation sites is 2. The first-order chi connectivity index (χ1) is 22.0. The number of allylic oxidation sites excluding steroid dienone is 2. The fraction of sp³-hybridized carbons (Fsp3) is 0.268. The Morgan fingerprint density at radius 3 is 2.04 bits per heavy atom. The van der Waals surface area contributed by atoms with E-state index in [0.29, 0.717) is 0 Å². The predicted octanol–water partition coefficient (Wildman–Crippen LogP) is 10.7. The molecule has 0 amide bonds. The molecular weight excluding hydrogens is 581 g/mol. The molecule has 3 heterocycles. The Balaban J connectivity index is 1.38. The maximum atomic E-state index is 6.68. The van der Waals surface area contributed by atoms with Crippen molar-refractivity contribution in [3.63, 3.8) is 0 Å². The highest BCUT2D eigenvalue weighted by Gasteiger charge is 2.52. The average molecular weight is 622 g/mol. The lowest BCUT2D eigenvalue weighted by Gasteiger charge is -2.42.